The third-order valence-electron chi connectivity index (χ3n) is 7.18. The number of nitrogens with one attached hydrogen (secondary N) is 1. The molecule has 1 N–H and O–H groups in total. The van der Waals surface area contributed by atoms with Crippen molar-refractivity contribution in [1.82, 2.24) is 10.2 Å². The molecule has 3 fully saturated rings. The van der Waals surface area contributed by atoms with Crippen LogP contribution in [0.25, 0.3) is 0 Å². The molecule has 3 saturated heterocycles. The van der Waals surface area contributed by atoms with Crippen LogP contribution in [0.2, 0.25) is 0 Å². The van der Waals surface area contributed by atoms with E-state index in [0.717, 1.165) is 25.1 Å². The number of benzene rings is 2. The number of amides is 1. The zero-order valence-corrected chi connectivity index (χ0v) is 17.7. The van der Waals surface area contributed by atoms with Crippen molar-refractivity contribution in [3.8, 4) is 5.75 Å². The Morgan fingerprint density at radius 1 is 1.00 bits per heavy atom. The van der Waals surface area contributed by atoms with Gasteiger partial charge in [0.05, 0.1) is 6.42 Å². The predicted molar refractivity (Wildman–Crippen MR) is 119 cm³/mol. The Hall–Kier alpha value is -2.33. The largest absolute Gasteiger partial charge is 0.489 e. The number of hydrogen-bond acceptors (Lipinski definition) is 3. The lowest BCUT2D eigenvalue weighted by Gasteiger charge is -2.45. The van der Waals surface area contributed by atoms with Gasteiger partial charge in [-0.25, -0.2) is 0 Å². The van der Waals surface area contributed by atoms with Gasteiger partial charge in [-0.1, -0.05) is 36.4 Å². The minimum atomic E-state index is 0.180. The number of piperidine rings is 3. The number of carbonyl (C=O) groups is 1. The van der Waals surface area contributed by atoms with Crippen LogP contribution in [0.1, 0.15) is 47.9 Å². The van der Waals surface area contributed by atoms with Crippen LogP contribution in [0.4, 0.5) is 0 Å². The van der Waals surface area contributed by atoms with Gasteiger partial charge in [0, 0.05) is 12.6 Å². The quantitative estimate of drug-likeness (QED) is 0.794. The Labute approximate surface area is 179 Å². The molecule has 0 aromatic heterocycles. The molecular formula is C26H32N2O2. The van der Waals surface area contributed by atoms with Crippen LogP contribution in [-0.4, -0.2) is 36.5 Å². The molecule has 1 aliphatic carbocycles. The molecule has 1 amide bonds. The van der Waals surface area contributed by atoms with E-state index in [0.29, 0.717) is 25.0 Å². The topological polar surface area (TPSA) is 41.6 Å². The number of fused-ring (bicyclic) bond motifs is 4. The highest BCUT2D eigenvalue weighted by Crippen LogP contribution is 2.33. The summed E-state index contributed by atoms with van der Waals surface area (Å²) in [6.07, 6.45) is 7.45. The van der Waals surface area contributed by atoms with E-state index >= 15 is 0 Å². The van der Waals surface area contributed by atoms with E-state index in [1.54, 1.807) is 0 Å². The summed E-state index contributed by atoms with van der Waals surface area (Å²) in [6.45, 7) is 4.03. The van der Waals surface area contributed by atoms with Crippen molar-refractivity contribution >= 4 is 5.91 Å². The number of ether oxygens (including phenoxy) is 1. The Kier molecular flexibility index (Phi) is 5.76. The Morgan fingerprint density at radius 2 is 1.77 bits per heavy atom. The van der Waals surface area contributed by atoms with Gasteiger partial charge in [0.15, 0.2) is 0 Å². The van der Waals surface area contributed by atoms with E-state index in [2.05, 4.69) is 34.5 Å². The fourth-order valence-electron chi connectivity index (χ4n) is 5.50. The van der Waals surface area contributed by atoms with Crippen molar-refractivity contribution in [2.45, 2.75) is 57.6 Å². The highest BCUT2D eigenvalue weighted by molar-refractivity contribution is 5.79. The van der Waals surface area contributed by atoms with Gasteiger partial charge in [0.2, 0.25) is 5.91 Å². The zero-order valence-electron chi connectivity index (χ0n) is 17.7. The van der Waals surface area contributed by atoms with Crippen molar-refractivity contribution in [2.75, 3.05) is 19.6 Å². The molecule has 4 nitrogen and oxygen atoms in total. The standard InChI is InChI=1S/C26H32N2O2/c29-26(27-24-17-28-14-12-20(24)13-15-28)16-21-10-11-25(23-9-5-4-8-22(21)23)30-18-19-6-2-1-3-7-19/h1-3,6-7,10-11,20,24H,4-5,8-9,12-18H2,(H,27,29). The Balaban J connectivity index is 1.27. The molecule has 6 rings (SSSR count). The van der Waals surface area contributed by atoms with Crippen LogP contribution >= 0.6 is 0 Å². The van der Waals surface area contributed by atoms with Crippen molar-refractivity contribution < 1.29 is 9.53 Å². The molecular weight excluding hydrogens is 372 g/mol. The molecule has 3 aliphatic heterocycles. The molecule has 0 radical (unpaired) electrons. The number of nitrogens with zero attached hydrogens (tertiary/aromatic N) is 1. The number of rotatable bonds is 6. The van der Waals surface area contributed by atoms with E-state index < -0.39 is 0 Å². The Morgan fingerprint density at radius 3 is 2.50 bits per heavy atom. The van der Waals surface area contributed by atoms with Crippen LogP contribution in [0, 0.1) is 5.92 Å². The molecule has 2 aromatic rings. The first-order chi connectivity index (χ1) is 14.8. The SMILES string of the molecule is O=C(Cc1ccc(OCc2ccccc2)c2c1CCCC2)NC1CN2CCC1CC2. The minimum absolute atomic E-state index is 0.180. The highest BCUT2D eigenvalue weighted by Gasteiger charge is 2.34. The van der Waals surface area contributed by atoms with Gasteiger partial charge in [-0.15, -0.1) is 0 Å². The first-order valence-corrected chi connectivity index (χ1v) is 11.6. The van der Waals surface area contributed by atoms with E-state index in [9.17, 15) is 4.79 Å². The van der Waals surface area contributed by atoms with Crippen molar-refractivity contribution in [1.29, 1.82) is 0 Å². The lowest BCUT2D eigenvalue weighted by Crippen LogP contribution is -2.57. The molecule has 2 bridgehead atoms. The summed E-state index contributed by atoms with van der Waals surface area (Å²) in [7, 11) is 0. The summed E-state index contributed by atoms with van der Waals surface area (Å²) >= 11 is 0. The maximum Gasteiger partial charge on any atom is 0.224 e. The fraction of sp³-hybridized carbons (Fsp3) is 0.500. The molecule has 2 aromatic carbocycles. The second-order valence-corrected chi connectivity index (χ2v) is 9.15. The molecule has 0 spiro atoms. The third-order valence-corrected chi connectivity index (χ3v) is 7.18. The fourth-order valence-corrected chi connectivity index (χ4v) is 5.50. The van der Waals surface area contributed by atoms with Gasteiger partial charge < -0.3 is 15.0 Å². The summed E-state index contributed by atoms with van der Waals surface area (Å²) < 4.78 is 6.20. The lowest BCUT2D eigenvalue weighted by molar-refractivity contribution is -0.122. The van der Waals surface area contributed by atoms with Crippen LogP contribution < -0.4 is 10.1 Å². The van der Waals surface area contributed by atoms with Crippen molar-refractivity contribution in [3.63, 3.8) is 0 Å². The van der Waals surface area contributed by atoms with E-state index in [-0.39, 0.29) is 5.91 Å². The normalized spacial score (nSPS) is 24.9. The average molecular weight is 405 g/mol. The van der Waals surface area contributed by atoms with E-state index in [4.69, 9.17) is 4.74 Å². The van der Waals surface area contributed by atoms with Crippen LogP contribution in [0.15, 0.2) is 42.5 Å². The maximum atomic E-state index is 12.9. The van der Waals surface area contributed by atoms with Crippen LogP contribution in [0.3, 0.4) is 0 Å². The monoisotopic (exact) mass is 404 g/mol. The highest BCUT2D eigenvalue weighted by atomic mass is 16.5. The summed E-state index contributed by atoms with van der Waals surface area (Å²) in [4.78, 5) is 15.4. The van der Waals surface area contributed by atoms with E-state index in [1.807, 2.05) is 18.2 Å². The first kappa shape index (κ1) is 19.6. The molecule has 3 heterocycles. The van der Waals surface area contributed by atoms with Gasteiger partial charge in [0.25, 0.3) is 0 Å². The molecule has 1 atom stereocenters. The van der Waals surface area contributed by atoms with Crippen molar-refractivity contribution in [2.24, 2.45) is 5.92 Å². The summed E-state index contributed by atoms with van der Waals surface area (Å²) in [5.41, 5.74) is 5.06. The van der Waals surface area contributed by atoms with Gasteiger partial charge in [-0.2, -0.15) is 0 Å². The van der Waals surface area contributed by atoms with Crippen molar-refractivity contribution in [3.05, 3.63) is 64.7 Å². The smallest absolute Gasteiger partial charge is 0.224 e. The van der Waals surface area contributed by atoms with Crippen LogP contribution in [0.5, 0.6) is 5.75 Å². The third kappa shape index (κ3) is 4.24. The molecule has 4 aliphatic rings. The molecule has 0 saturated carbocycles. The number of carbonyl (C=O) groups excluding carboxylic acids is 1. The minimum Gasteiger partial charge on any atom is -0.489 e. The predicted octanol–water partition coefficient (Wildman–Crippen LogP) is 3.90. The van der Waals surface area contributed by atoms with Crippen LogP contribution in [-0.2, 0) is 30.7 Å². The summed E-state index contributed by atoms with van der Waals surface area (Å²) in [5.74, 6) is 1.84. The molecule has 158 valence electrons. The summed E-state index contributed by atoms with van der Waals surface area (Å²) in [6, 6.07) is 14.9. The second-order valence-electron chi connectivity index (χ2n) is 9.15. The average Bonchev–Trinajstić information content (AvgIpc) is 2.80. The van der Waals surface area contributed by atoms with Gasteiger partial charge in [0.1, 0.15) is 12.4 Å². The summed E-state index contributed by atoms with van der Waals surface area (Å²) in [5, 5.41) is 3.36. The molecule has 1 unspecified atom stereocenters. The van der Waals surface area contributed by atoms with E-state index in [1.165, 1.54) is 61.0 Å². The Bertz CT molecular complexity index is 887. The second kappa shape index (κ2) is 8.81. The first-order valence-electron chi connectivity index (χ1n) is 11.6. The zero-order chi connectivity index (χ0) is 20.3. The number of hydrogen-bond donors (Lipinski definition) is 1. The van der Waals surface area contributed by atoms with Gasteiger partial charge in [-0.05, 0) is 85.9 Å². The molecule has 4 heteroatoms. The van der Waals surface area contributed by atoms with Gasteiger partial charge >= 0.3 is 0 Å². The van der Waals surface area contributed by atoms with Gasteiger partial charge in [-0.3, -0.25) is 4.79 Å². The lowest BCUT2D eigenvalue weighted by atomic mass is 9.83. The molecule has 30 heavy (non-hydrogen) atoms. The maximum absolute atomic E-state index is 12.9.